The molecule has 0 amide bonds. The maximum absolute atomic E-state index is 9.71. The summed E-state index contributed by atoms with van der Waals surface area (Å²) < 4.78 is 0. The second-order valence-corrected chi connectivity index (χ2v) is 1.56. The maximum atomic E-state index is 9.71. The maximum Gasteiger partial charge on any atom is 0.242 e. The lowest BCUT2D eigenvalue weighted by Crippen LogP contribution is -1.88. The van der Waals surface area contributed by atoms with Crippen molar-refractivity contribution in [3.63, 3.8) is 0 Å². The molecule has 0 saturated heterocycles. The van der Waals surface area contributed by atoms with Crippen molar-refractivity contribution < 1.29 is 4.79 Å². The molecule has 0 fully saturated rings. The number of hydrogen-bond acceptors (Lipinski definition) is 5. The number of hydrogen-bond donors (Lipinski definition) is 0. The first-order chi connectivity index (χ1) is 4.83. The molecule has 1 rings (SSSR count). The predicted molar refractivity (Wildman–Crippen MR) is 32.3 cm³/mol. The van der Waals surface area contributed by atoms with Crippen LogP contribution in [0.25, 0.3) is 0 Å². The first-order valence-corrected chi connectivity index (χ1v) is 2.57. The van der Waals surface area contributed by atoms with Crippen LogP contribution >= 0.6 is 0 Å². The molecule has 10 heavy (non-hydrogen) atoms. The molecule has 50 valence electrons. The highest BCUT2D eigenvalue weighted by molar-refractivity contribution is 5.42. The third-order valence-corrected chi connectivity index (χ3v) is 0.812. The number of nitrogens with zero attached hydrogens (tertiary/aromatic N) is 4. The summed E-state index contributed by atoms with van der Waals surface area (Å²) in [5, 5.41) is 7.09. The molecule has 0 saturated carbocycles. The highest BCUT2D eigenvalue weighted by Crippen LogP contribution is 2.00. The van der Waals surface area contributed by atoms with Crippen LogP contribution in [0.1, 0.15) is 5.82 Å². The average molecular weight is 136 g/mol. The zero-order valence-electron chi connectivity index (χ0n) is 5.27. The monoisotopic (exact) mass is 136 g/mol. The zero-order valence-corrected chi connectivity index (χ0v) is 5.27. The third-order valence-electron chi connectivity index (χ3n) is 0.812. The number of carbonyl (C=O) groups excluding carboxylic acids is 1. The molecular formula is C5H4N4O. The lowest BCUT2D eigenvalue weighted by molar-refractivity contribution is 0.565. The van der Waals surface area contributed by atoms with Crippen molar-refractivity contribution >= 4 is 11.9 Å². The summed E-state index contributed by atoms with van der Waals surface area (Å²) in [5.41, 5.74) is 0. The Balaban J connectivity index is 3.06. The second-order valence-electron chi connectivity index (χ2n) is 1.56. The normalized spacial score (nSPS) is 8.50. The van der Waals surface area contributed by atoms with Crippen molar-refractivity contribution in [2.45, 2.75) is 6.92 Å². The predicted octanol–water partition coefficient (Wildman–Crippen LogP) is 0.147. The van der Waals surface area contributed by atoms with Gasteiger partial charge in [-0.1, -0.05) is 0 Å². The van der Waals surface area contributed by atoms with Crippen LogP contribution in [-0.2, 0) is 4.79 Å². The Bertz CT molecular complexity index is 279. The van der Waals surface area contributed by atoms with E-state index in [2.05, 4.69) is 20.2 Å². The quantitative estimate of drug-likeness (QED) is 0.407. The number of aliphatic imine (C=N–C) groups is 1. The summed E-state index contributed by atoms with van der Waals surface area (Å²) in [6.45, 7) is 1.66. The standard InChI is InChI=1S/C5H4N4O/c1-4-8-5(6-3-10)2-7-9-4/h2H,1H3. The van der Waals surface area contributed by atoms with E-state index in [0.717, 1.165) is 0 Å². The molecule has 0 aromatic carbocycles. The Morgan fingerprint density at radius 1 is 1.70 bits per heavy atom. The van der Waals surface area contributed by atoms with Crippen LogP contribution < -0.4 is 0 Å². The van der Waals surface area contributed by atoms with E-state index >= 15 is 0 Å². The van der Waals surface area contributed by atoms with Crippen LogP contribution in [-0.4, -0.2) is 21.3 Å². The SMILES string of the molecule is Cc1nncc(N=C=O)n1. The van der Waals surface area contributed by atoms with E-state index in [0.29, 0.717) is 5.82 Å². The molecule has 0 atom stereocenters. The lowest BCUT2D eigenvalue weighted by Gasteiger charge is -1.87. The van der Waals surface area contributed by atoms with Gasteiger partial charge >= 0.3 is 0 Å². The molecule has 5 nitrogen and oxygen atoms in total. The van der Waals surface area contributed by atoms with Gasteiger partial charge in [-0.15, -0.1) is 10.1 Å². The van der Waals surface area contributed by atoms with Crippen molar-refractivity contribution in [2.75, 3.05) is 0 Å². The van der Waals surface area contributed by atoms with E-state index in [-0.39, 0.29) is 5.82 Å². The molecular weight excluding hydrogens is 132 g/mol. The Hall–Kier alpha value is -1.61. The fourth-order valence-corrected chi connectivity index (χ4v) is 0.482. The van der Waals surface area contributed by atoms with Crippen molar-refractivity contribution in [2.24, 2.45) is 4.99 Å². The van der Waals surface area contributed by atoms with E-state index in [1.807, 2.05) is 0 Å². The molecule has 5 heteroatoms. The first-order valence-electron chi connectivity index (χ1n) is 2.57. The topological polar surface area (TPSA) is 68.1 Å². The van der Waals surface area contributed by atoms with Gasteiger partial charge in [0.05, 0.1) is 6.20 Å². The van der Waals surface area contributed by atoms with E-state index in [1.54, 1.807) is 6.92 Å². The molecule has 0 spiro atoms. The Labute approximate surface area is 56.8 Å². The Morgan fingerprint density at radius 3 is 3.10 bits per heavy atom. The van der Waals surface area contributed by atoms with E-state index in [9.17, 15) is 4.79 Å². The van der Waals surface area contributed by atoms with Gasteiger partial charge in [-0.3, -0.25) is 0 Å². The molecule has 0 aliphatic carbocycles. The van der Waals surface area contributed by atoms with Crippen LogP contribution in [0.4, 0.5) is 5.82 Å². The van der Waals surface area contributed by atoms with Crippen LogP contribution in [0.2, 0.25) is 0 Å². The van der Waals surface area contributed by atoms with Crippen molar-refractivity contribution in [1.82, 2.24) is 15.2 Å². The number of isocyanates is 1. The molecule has 1 heterocycles. The largest absolute Gasteiger partial charge is 0.242 e. The third kappa shape index (κ3) is 1.43. The molecule has 0 unspecified atom stereocenters. The van der Waals surface area contributed by atoms with Crippen molar-refractivity contribution in [1.29, 1.82) is 0 Å². The highest BCUT2D eigenvalue weighted by atomic mass is 16.1. The van der Waals surface area contributed by atoms with E-state index in [4.69, 9.17) is 0 Å². The van der Waals surface area contributed by atoms with Gasteiger partial charge in [0.1, 0.15) is 5.82 Å². The average Bonchev–Trinajstić information content (AvgIpc) is 1.88. The summed E-state index contributed by atoms with van der Waals surface area (Å²) in [6, 6.07) is 0. The number of aryl methyl sites for hydroxylation is 1. The summed E-state index contributed by atoms with van der Waals surface area (Å²) in [6.07, 6.45) is 2.65. The molecule has 0 aliphatic rings. The molecule has 1 aromatic heterocycles. The smallest absolute Gasteiger partial charge is 0.211 e. The van der Waals surface area contributed by atoms with Crippen LogP contribution in [0.3, 0.4) is 0 Å². The van der Waals surface area contributed by atoms with Gasteiger partial charge in [0.2, 0.25) is 6.08 Å². The summed E-state index contributed by atoms with van der Waals surface area (Å²) in [4.78, 5) is 16.7. The summed E-state index contributed by atoms with van der Waals surface area (Å²) >= 11 is 0. The molecule has 0 radical (unpaired) electrons. The summed E-state index contributed by atoms with van der Waals surface area (Å²) in [7, 11) is 0. The van der Waals surface area contributed by atoms with E-state index in [1.165, 1.54) is 12.3 Å². The van der Waals surface area contributed by atoms with Gasteiger partial charge in [0.15, 0.2) is 5.82 Å². The second kappa shape index (κ2) is 2.80. The minimum Gasteiger partial charge on any atom is -0.211 e. The van der Waals surface area contributed by atoms with Gasteiger partial charge in [0, 0.05) is 0 Å². The van der Waals surface area contributed by atoms with Gasteiger partial charge in [0.25, 0.3) is 0 Å². The van der Waals surface area contributed by atoms with E-state index < -0.39 is 0 Å². The fourth-order valence-electron chi connectivity index (χ4n) is 0.482. The van der Waals surface area contributed by atoms with Crippen molar-refractivity contribution in [3.05, 3.63) is 12.0 Å². The molecule has 0 aliphatic heterocycles. The summed E-state index contributed by atoms with van der Waals surface area (Å²) in [5.74, 6) is 0.721. The molecule has 0 bridgehead atoms. The highest BCUT2D eigenvalue weighted by Gasteiger charge is 1.90. The molecule has 1 aromatic rings. The van der Waals surface area contributed by atoms with Crippen LogP contribution in [0, 0.1) is 6.92 Å². The Kier molecular flexibility index (Phi) is 1.82. The van der Waals surface area contributed by atoms with Crippen LogP contribution in [0.5, 0.6) is 0 Å². The van der Waals surface area contributed by atoms with Gasteiger partial charge in [-0.2, -0.15) is 5.10 Å². The fraction of sp³-hybridized carbons (Fsp3) is 0.200. The van der Waals surface area contributed by atoms with Crippen LogP contribution in [0.15, 0.2) is 11.2 Å². The number of rotatable bonds is 1. The minimum absolute atomic E-state index is 0.238. The van der Waals surface area contributed by atoms with Gasteiger partial charge in [-0.25, -0.2) is 9.78 Å². The first kappa shape index (κ1) is 6.51. The van der Waals surface area contributed by atoms with Gasteiger partial charge < -0.3 is 0 Å². The zero-order chi connectivity index (χ0) is 7.40. The van der Waals surface area contributed by atoms with Crippen molar-refractivity contribution in [3.8, 4) is 0 Å². The number of aromatic nitrogens is 3. The molecule has 0 N–H and O–H groups in total. The van der Waals surface area contributed by atoms with Gasteiger partial charge in [-0.05, 0) is 6.92 Å². The minimum atomic E-state index is 0.238. The lowest BCUT2D eigenvalue weighted by atomic mass is 10.6. The Morgan fingerprint density at radius 2 is 2.50 bits per heavy atom.